The number of aromatic amines is 1. The lowest BCUT2D eigenvalue weighted by Gasteiger charge is -2.26. The SMILES string of the molecule is CCCc1nc(CC)c2c(=O)[nH]c(-c3cc(S(=O)(=O)NCCCN4CCOCC4)ccc3O)nn12. The summed E-state index contributed by atoms with van der Waals surface area (Å²) in [5.41, 5.74) is 0.741. The summed E-state index contributed by atoms with van der Waals surface area (Å²) in [6, 6.07) is 3.94. The van der Waals surface area contributed by atoms with Gasteiger partial charge in [-0.05, 0) is 44.0 Å². The Morgan fingerprint density at radius 2 is 2.00 bits per heavy atom. The highest BCUT2D eigenvalue weighted by Gasteiger charge is 2.20. The number of imidazole rings is 1. The number of H-pyrrole nitrogens is 1. The van der Waals surface area contributed by atoms with Crippen molar-refractivity contribution in [2.45, 2.75) is 44.4 Å². The molecule has 0 radical (unpaired) electrons. The monoisotopic (exact) mass is 504 g/mol. The van der Waals surface area contributed by atoms with Gasteiger partial charge in [-0.3, -0.25) is 9.69 Å². The van der Waals surface area contributed by atoms with E-state index in [1.54, 1.807) is 0 Å². The molecule has 3 aromatic rings. The van der Waals surface area contributed by atoms with Crippen molar-refractivity contribution >= 4 is 15.5 Å². The summed E-state index contributed by atoms with van der Waals surface area (Å²) in [6.45, 7) is 8.08. The van der Waals surface area contributed by atoms with E-state index in [9.17, 15) is 18.3 Å². The van der Waals surface area contributed by atoms with Gasteiger partial charge in [-0.25, -0.2) is 22.6 Å². The van der Waals surface area contributed by atoms with Crippen LogP contribution in [0.4, 0.5) is 0 Å². The first-order chi connectivity index (χ1) is 16.8. The number of ether oxygens (including phenoxy) is 1. The summed E-state index contributed by atoms with van der Waals surface area (Å²) in [7, 11) is -3.82. The molecule has 0 bridgehead atoms. The molecule has 0 saturated carbocycles. The fourth-order valence-electron chi connectivity index (χ4n) is 4.18. The Balaban J connectivity index is 1.59. The van der Waals surface area contributed by atoms with Gasteiger partial charge in [0.15, 0.2) is 11.3 Å². The Bertz CT molecular complexity index is 1340. The van der Waals surface area contributed by atoms with Gasteiger partial charge in [0, 0.05) is 26.1 Å². The van der Waals surface area contributed by atoms with Gasteiger partial charge in [0.25, 0.3) is 5.56 Å². The topological polar surface area (TPSA) is 142 Å². The average molecular weight is 505 g/mol. The summed E-state index contributed by atoms with van der Waals surface area (Å²) in [5, 5.41) is 15.0. The predicted octanol–water partition coefficient (Wildman–Crippen LogP) is 1.31. The molecule has 0 atom stereocenters. The number of rotatable bonds is 10. The zero-order chi connectivity index (χ0) is 25.0. The normalized spacial score (nSPS) is 15.1. The highest BCUT2D eigenvalue weighted by atomic mass is 32.2. The first-order valence-electron chi connectivity index (χ1n) is 12.0. The van der Waals surface area contributed by atoms with Crippen molar-refractivity contribution in [1.29, 1.82) is 0 Å². The van der Waals surface area contributed by atoms with Crippen molar-refractivity contribution in [3.63, 3.8) is 0 Å². The number of nitrogens with zero attached hydrogens (tertiary/aromatic N) is 4. The molecule has 0 aliphatic carbocycles. The molecule has 0 amide bonds. The van der Waals surface area contributed by atoms with Gasteiger partial charge < -0.3 is 14.8 Å². The third-order valence-electron chi connectivity index (χ3n) is 6.03. The first kappa shape index (κ1) is 25.3. The van der Waals surface area contributed by atoms with Gasteiger partial charge in [0.2, 0.25) is 10.0 Å². The fourth-order valence-corrected chi connectivity index (χ4v) is 5.28. The van der Waals surface area contributed by atoms with Crippen molar-refractivity contribution in [3.05, 3.63) is 40.1 Å². The van der Waals surface area contributed by atoms with Crippen LogP contribution in [0.2, 0.25) is 0 Å². The molecule has 0 unspecified atom stereocenters. The van der Waals surface area contributed by atoms with E-state index in [1.807, 2.05) is 13.8 Å². The van der Waals surface area contributed by atoms with Crippen LogP contribution in [0.3, 0.4) is 0 Å². The van der Waals surface area contributed by atoms with Crippen LogP contribution >= 0.6 is 0 Å². The average Bonchev–Trinajstić information content (AvgIpc) is 3.21. The van der Waals surface area contributed by atoms with E-state index in [2.05, 4.69) is 24.7 Å². The molecule has 1 aliphatic heterocycles. The molecule has 1 fully saturated rings. The summed E-state index contributed by atoms with van der Waals surface area (Å²) < 4.78 is 35.3. The van der Waals surface area contributed by atoms with Gasteiger partial charge in [0.1, 0.15) is 11.6 Å². The molecule has 11 nitrogen and oxygen atoms in total. The van der Waals surface area contributed by atoms with E-state index in [-0.39, 0.29) is 28.6 Å². The molecule has 1 saturated heterocycles. The number of aryl methyl sites for hydroxylation is 2. The van der Waals surface area contributed by atoms with Crippen molar-refractivity contribution in [2.75, 3.05) is 39.4 Å². The number of hydrogen-bond acceptors (Lipinski definition) is 8. The molecule has 1 aliphatic rings. The largest absolute Gasteiger partial charge is 0.507 e. The van der Waals surface area contributed by atoms with Crippen LogP contribution in [0.15, 0.2) is 27.9 Å². The molecule has 1 aromatic carbocycles. The maximum absolute atomic E-state index is 12.9. The quantitative estimate of drug-likeness (QED) is 0.351. The lowest BCUT2D eigenvalue weighted by molar-refractivity contribution is 0.0376. The molecule has 190 valence electrons. The molecule has 3 heterocycles. The number of hydrogen-bond donors (Lipinski definition) is 3. The molecule has 2 aromatic heterocycles. The Kier molecular flexibility index (Phi) is 7.85. The van der Waals surface area contributed by atoms with Gasteiger partial charge in [-0.15, -0.1) is 5.10 Å². The predicted molar refractivity (Wildman–Crippen MR) is 131 cm³/mol. The Morgan fingerprint density at radius 1 is 1.23 bits per heavy atom. The number of fused-ring (bicyclic) bond motifs is 1. The van der Waals surface area contributed by atoms with Gasteiger partial charge in [-0.1, -0.05) is 13.8 Å². The molecule has 12 heteroatoms. The highest BCUT2D eigenvalue weighted by molar-refractivity contribution is 7.89. The van der Waals surface area contributed by atoms with Crippen LogP contribution in [0.25, 0.3) is 16.9 Å². The first-order valence-corrected chi connectivity index (χ1v) is 13.5. The highest BCUT2D eigenvalue weighted by Crippen LogP contribution is 2.29. The zero-order valence-electron chi connectivity index (χ0n) is 20.1. The second-order valence-electron chi connectivity index (χ2n) is 8.53. The van der Waals surface area contributed by atoms with E-state index in [0.29, 0.717) is 49.5 Å². The van der Waals surface area contributed by atoms with Crippen LogP contribution in [0.1, 0.15) is 38.2 Å². The van der Waals surface area contributed by atoms with Crippen LogP contribution in [0.5, 0.6) is 5.75 Å². The maximum atomic E-state index is 12.9. The lowest BCUT2D eigenvalue weighted by Crippen LogP contribution is -2.38. The minimum absolute atomic E-state index is 0.0203. The van der Waals surface area contributed by atoms with E-state index in [0.717, 1.165) is 26.1 Å². The summed E-state index contributed by atoms with van der Waals surface area (Å²) in [4.78, 5) is 22.3. The number of nitrogens with one attached hydrogen (secondary N) is 2. The molecular weight excluding hydrogens is 472 g/mol. The van der Waals surface area contributed by atoms with Crippen molar-refractivity contribution < 1.29 is 18.3 Å². The standard InChI is InChI=1S/C23H32N6O5S/c1-3-6-20-25-18(4-2)21-23(31)26-22(27-29(20)21)17-15-16(7-8-19(17)30)35(32,33)24-9-5-10-28-11-13-34-14-12-28/h7-8,15,24,30H,3-6,9-14H2,1-2H3,(H,26,27,31). The summed E-state index contributed by atoms with van der Waals surface area (Å²) >= 11 is 0. The second-order valence-corrected chi connectivity index (χ2v) is 10.3. The van der Waals surface area contributed by atoms with E-state index in [1.165, 1.54) is 22.7 Å². The zero-order valence-corrected chi connectivity index (χ0v) is 20.9. The van der Waals surface area contributed by atoms with Crippen LogP contribution in [0, 0.1) is 0 Å². The number of aromatic nitrogens is 4. The van der Waals surface area contributed by atoms with E-state index < -0.39 is 15.6 Å². The molecule has 0 spiro atoms. The van der Waals surface area contributed by atoms with Crippen LogP contribution < -0.4 is 10.3 Å². The molecular formula is C23H32N6O5S. The third-order valence-corrected chi connectivity index (χ3v) is 7.49. The van der Waals surface area contributed by atoms with E-state index >= 15 is 0 Å². The summed E-state index contributed by atoms with van der Waals surface area (Å²) in [6.07, 6.45) is 2.69. The van der Waals surface area contributed by atoms with Crippen LogP contribution in [-0.2, 0) is 27.6 Å². The maximum Gasteiger partial charge on any atom is 0.277 e. The smallest absolute Gasteiger partial charge is 0.277 e. The second kappa shape index (κ2) is 10.9. The fraction of sp³-hybridized carbons (Fsp3) is 0.522. The Hall–Kier alpha value is -2.80. The minimum atomic E-state index is -3.82. The Labute approximate surface area is 204 Å². The van der Waals surface area contributed by atoms with Crippen molar-refractivity contribution in [2.24, 2.45) is 0 Å². The van der Waals surface area contributed by atoms with E-state index in [4.69, 9.17) is 4.74 Å². The van der Waals surface area contributed by atoms with Crippen molar-refractivity contribution in [1.82, 2.24) is 29.2 Å². The lowest BCUT2D eigenvalue weighted by atomic mass is 10.2. The third kappa shape index (κ3) is 5.56. The van der Waals surface area contributed by atoms with Crippen molar-refractivity contribution in [3.8, 4) is 17.1 Å². The Morgan fingerprint density at radius 3 is 2.71 bits per heavy atom. The van der Waals surface area contributed by atoms with Gasteiger partial charge >= 0.3 is 0 Å². The van der Waals surface area contributed by atoms with Gasteiger partial charge in [0.05, 0.1) is 29.4 Å². The number of sulfonamides is 1. The number of benzene rings is 1. The van der Waals surface area contributed by atoms with Gasteiger partial charge in [-0.2, -0.15) is 0 Å². The van der Waals surface area contributed by atoms with Crippen LogP contribution in [-0.4, -0.2) is 77.4 Å². The number of morpholine rings is 1. The minimum Gasteiger partial charge on any atom is -0.507 e. The summed E-state index contributed by atoms with van der Waals surface area (Å²) in [5.74, 6) is 0.533. The number of phenols is 1. The number of phenolic OH excluding ortho intramolecular Hbond substituents is 1. The molecule has 4 rings (SSSR count). The number of aromatic hydroxyl groups is 1. The molecule has 3 N–H and O–H groups in total. The molecule has 35 heavy (non-hydrogen) atoms.